The Morgan fingerprint density at radius 1 is 1.00 bits per heavy atom. The minimum Gasteiger partial charge on any atom is -0.507 e. The number of esters is 1. The number of rotatable bonds is 2. The van der Waals surface area contributed by atoms with Crippen LogP contribution in [0.4, 0.5) is 0 Å². The van der Waals surface area contributed by atoms with Crippen LogP contribution in [0.2, 0.25) is 0 Å². The van der Waals surface area contributed by atoms with Crippen molar-refractivity contribution >= 4 is 5.97 Å². The molecule has 0 amide bonds. The lowest BCUT2D eigenvalue weighted by molar-refractivity contribution is 0.0600. The van der Waals surface area contributed by atoms with Crippen LogP contribution in [-0.2, 0) is 4.74 Å². The Kier molecular flexibility index (Phi) is 3.79. The van der Waals surface area contributed by atoms with Crippen molar-refractivity contribution in [2.24, 2.45) is 0 Å². The van der Waals surface area contributed by atoms with Gasteiger partial charge in [-0.05, 0) is 43.0 Å². The van der Waals surface area contributed by atoms with E-state index in [1.165, 1.54) is 7.11 Å². The summed E-state index contributed by atoms with van der Waals surface area (Å²) >= 11 is 0. The summed E-state index contributed by atoms with van der Waals surface area (Å²) in [6, 6.07) is 9.39. The summed E-state index contributed by atoms with van der Waals surface area (Å²) in [5, 5.41) is 10.5. The topological polar surface area (TPSA) is 46.5 Å². The number of ether oxygens (including phenoxy) is 1. The van der Waals surface area contributed by atoms with Crippen molar-refractivity contribution in [3.63, 3.8) is 0 Å². The number of aromatic hydroxyl groups is 1. The molecule has 3 heteroatoms. The van der Waals surface area contributed by atoms with Gasteiger partial charge in [0.25, 0.3) is 0 Å². The molecular weight excluding hydrogens is 252 g/mol. The van der Waals surface area contributed by atoms with E-state index in [-0.39, 0.29) is 5.75 Å². The zero-order valence-electron chi connectivity index (χ0n) is 12.2. The third kappa shape index (κ3) is 2.16. The van der Waals surface area contributed by atoms with Crippen LogP contribution in [0.15, 0.2) is 30.3 Å². The monoisotopic (exact) mass is 270 g/mol. The summed E-state index contributed by atoms with van der Waals surface area (Å²) in [5.41, 5.74) is 4.30. The van der Waals surface area contributed by atoms with Crippen molar-refractivity contribution < 1.29 is 14.6 Å². The molecule has 0 atom stereocenters. The van der Waals surface area contributed by atoms with Crippen molar-refractivity contribution in [1.29, 1.82) is 0 Å². The van der Waals surface area contributed by atoms with Gasteiger partial charge in [0.15, 0.2) is 0 Å². The van der Waals surface area contributed by atoms with Gasteiger partial charge in [0.05, 0.1) is 12.7 Å². The van der Waals surface area contributed by atoms with Crippen molar-refractivity contribution in [3.8, 4) is 16.9 Å². The molecule has 0 bridgehead atoms. The lowest BCUT2D eigenvalue weighted by atomic mass is 9.89. The van der Waals surface area contributed by atoms with Crippen LogP contribution in [0, 0.1) is 20.8 Å². The summed E-state index contributed by atoms with van der Waals surface area (Å²) in [4.78, 5) is 12.1. The minimum atomic E-state index is -0.431. The number of methoxy groups -OCH3 is 1. The van der Waals surface area contributed by atoms with Crippen molar-refractivity contribution in [3.05, 3.63) is 52.6 Å². The largest absolute Gasteiger partial charge is 0.507 e. The van der Waals surface area contributed by atoms with Gasteiger partial charge >= 0.3 is 5.97 Å². The fraction of sp³-hybridized carbons (Fsp3) is 0.235. The number of benzene rings is 2. The molecule has 0 aliphatic carbocycles. The van der Waals surface area contributed by atoms with E-state index < -0.39 is 5.97 Å². The molecule has 3 nitrogen and oxygen atoms in total. The number of hydrogen-bond acceptors (Lipinski definition) is 3. The summed E-state index contributed by atoms with van der Waals surface area (Å²) < 4.78 is 4.88. The van der Waals surface area contributed by atoms with E-state index in [0.717, 1.165) is 22.3 Å². The van der Waals surface area contributed by atoms with Gasteiger partial charge in [-0.15, -0.1) is 0 Å². The van der Waals surface area contributed by atoms with Gasteiger partial charge in [0, 0.05) is 5.56 Å². The molecule has 104 valence electrons. The molecule has 0 aliphatic heterocycles. The van der Waals surface area contributed by atoms with Crippen molar-refractivity contribution in [1.82, 2.24) is 0 Å². The second-order valence-electron chi connectivity index (χ2n) is 4.83. The average molecular weight is 270 g/mol. The highest BCUT2D eigenvalue weighted by atomic mass is 16.5. The normalized spacial score (nSPS) is 10.4. The maximum atomic E-state index is 12.1. The third-order valence-corrected chi connectivity index (χ3v) is 3.79. The molecule has 0 saturated carbocycles. The highest BCUT2D eigenvalue weighted by Gasteiger charge is 2.23. The molecule has 2 aromatic carbocycles. The summed E-state index contributed by atoms with van der Waals surface area (Å²) in [6.45, 7) is 5.62. The summed E-state index contributed by atoms with van der Waals surface area (Å²) in [5.74, 6) is -0.292. The Morgan fingerprint density at radius 3 is 2.15 bits per heavy atom. The van der Waals surface area contributed by atoms with Gasteiger partial charge in [-0.25, -0.2) is 4.79 Å². The Balaban J connectivity index is 2.88. The lowest BCUT2D eigenvalue weighted by Crippen LogP contribution is -2.09. The van der Waals surface area contributed by atoms with E-state index in [1.54, 1.807) is 0 Å². The predicted molar refractivity (Wildman–Crippen MR) is 79.1 cm³/mol. The van der Waals surface area contributed by atoms with Gasteiger partial charge in [0.2, 0.25) is 0 Å². The van der Waals surface area contributed by atoms with Crippen LogP contribution < -0.4 is 0 Å². The number of carbonyl (C=O) groups is 1. The molecule has 20 heavy (non-hydrogen) atoms. The van der Waals surface area contributed by atoms with Crippen LogP contribution in [0.1, 0.15) is 27.0 Å². The fourth-order valence-electron chi connectivity index (χ4n) is 2.38. The Bertz CT molecular complexity index is 658. The maximum Gasteiger partial charge on any atom is 0.338 e. The van der Waals surface area contributed by atoms with E-state index in [9.17, 15) is 9.90 Å². The van der Waals surface area contributed by atoms with E-state index in [4.69, 9.17) is 4.74 Å². The fourth-order valence-corrected chi connectivity index (χ4v) is 2.38. The van der Waals surface area contributed by atoms with E-state index in [1.807, 2.05) is 51.1 Å². The predicted octanol–water partition coefficient (Wildman–Crippen LogP) is 3.77. The third-order valence-electron chi connectivity index (χ3n) is 3.79. The van der Waals surface area contributed by atoms with Crippen LogP contribution in [0.25, 0.3) is 11.1 Å². The SMILES string of the molecule is COC(=O)c1c(C)c(C)c(C)c(O)c1-c1ccccc1. The van der Waals surface area contributed by atoms with E-state index in [0.29, 0.717) is 11.1 Å². The number of phenols is 1. The highest BCUT2D eigenvalue weighted by Crippen LogP contribution is 2.39. The number of carbonyl (C=O) groups excluding carboxylic acids is 1. The lowest BCUT2D eigenvalue weighted by Gasteiger charge is -2.18. The van der Waals surface area contributed by atoms with E-state index in [2.05, 4.69) is 0 Å². The van der Waals surface area contributed by atoms with Gasteiger partial charge in [-0.3, -0.25) is 0 Å². The first-order valence-corrected chi connectivity index (χ1v) is 6.45. The molecule has 0 heterocycles. The van der Waals surface area contributed by atoms with Gasteiger partial charge in [-0.2, -0.15) is 0 Å². The minimum absolute atomic E-state index is 0.139. The van der Waals surface area contributed by atoms with Gasteiger partial charge in [-0.1, -0.05) is 30.3 Å². The molecule has 0 aromatic heterocycles. The summed E-state index contributed by atoms with van der Waals surface area (Å²) in [7, 11) is 1.35. The molecule has 1 N–H and O–H groups in total. The quantitative estimate of drug-likeness (QED) is 0.845. The standard InChI is InChI=1S/C17H18O3/c1-10-11(2)14(17(19)20-4)15(16(18)12(10)3)13-8-6-5-7-9-13/h5-9,18H,1-4H3. The van der Waals surface area contributed by atoms with Crippen LogP contribution in [-0.4, -0.2) is 18.2 Å². The first-order valence-electron chi connectivity index (χ1n) is 6.45. The molecule has 0 radical (unpaired) electrons. The molecule has 0 unspecified atom stereocenters. The van der Waals surface area contributed by atoms with Crippen molar-refractivity contribution in [2.75, 3.05) is 7.11 Å². The molecule has 0 fully saturated rings. The molecule has 2 aromatic rings. The molecule has 2 rings (SSSR count). The highest BCUT2D eigenvalue weighted by molar-refractivity contribution is 6.01. The first-order chi connectivity index (χ1) is 9.49. The van der Waals surface area contributed by atoms with Crippen molar-refractivity contribution in [2.45, 2.75) is 20.8 Å². The number of hydrogen-bond donors (Lipinski definition) is 1. The van der Waals surface area contributed by atoms with Gasteiger partial charge in [0.1, 0.15) is 5.75 Å². The zero-order valence-corrected chi connectivity index (χ0v) is 12.2. The number of phenolic OH excluding ortho intramolecular Hbond substituents is 1. The summed E-state index contributed by atoms with van der Waals surface area (Å²) in [6.07, 6.45) is 0. The molecule has 0 saturated heterocycles. The van der Waals surface area contributed by atoms with E-state index >= 15 is 0 Å². The van der Waals surface area contributed by atoms with Crippen LogP contribution >= 0.6 is 0 Å². The second-order valence-corrected chi connectivity index (χ2v) is 4.83. The van der Waals surface area contributed by atoms with Crippen LogP contribution in [0.3, 0.4) is 0 Å². The Hall–Kier alpha value is -2.29. The second kappa shape index (κ2) is 5.37. The smallest absolute Gasteiger partial charge is 0.338 e. The zero-order chi connectivity index (χ0) is 14.9. The van der Waals surface area contributed by atoms with Crippen LogP contribution in [0.5, 0.6) is 5.75 Å². The Labute approximate surface area is 118 Å². The molecule has 0 aliphatic rings. The first kappa shape index (κ1) is 14.1. The maximum absolute atomic E-state index is 12.1. The molecular formula is C17H18O3. The average Bonchev–Trinajstić information content (AvgIpc) is 2.48. The molecule has 0 spiro atoms. The van der Waals surface area contributed by atoms with Gasteiger partial charge < -0.3 is 9.84 Å². The Morgan fingerprint density at radius 2 is 1.60 bits per heavy atom.